The molecule has 0 saturated carbocycles. The molecule has 2 fully saturated rings. The minimum Gasteiger partial charge on any atom is -0.508 e. The summed E-state index contributed by atoms with van der Waals surface area (Å²) in [5, 5.41) is 39.0. The number of phenolic OH excluding ortho intramolecular Hbond substituents is 2. The number of benzene rings is 1. The summed E-state index contributed by atoms with van der Waals surface area (Å²) in [4.78, 5) is 50.0. The fraction of sp³-hybridized carbons (Fsp3) is 0.500. The number of aromatic hydroxyl groups is 2. The standard InChI is InChI=1S/C20H24N2O8/c23-15-8-12(10-18(26)22-6-2-4-14(22)20(29)30)16(24)7-11(15)9-17(25)21-5-1-3-13(21)19(27)28/h7-8,13-14,23-24H,1-6,9-10H2,(H,27,28)(H,29,30). The van der Waals surface area contributed by atoms with Crippen LogP contribution in [-0.2, 0) is 32.0 Å². The van der Waals surface area contributed by atoms with Crippen LogP contribution >= 0.6 is 0 Å². The molecule has 3 rings (SSSR count). The number of carbonyl (C=O) groups excluding carboxylic acids is 2. The fourth-order valence-corrected chi connectivity index (χ4v) is 4.12. The van der Waals surface area contributed by atoms with Crippen LogP contribution in [0.25, 0.3) is 0 Å². The molecule has 10 heteroatoms. The van der Waals surface area contributed by atoms with E-state index in [2.05, 4.69) is 0 Å². The van der Waals surface area contributed by atoms with Crippen LogP contribution in [-0.4, -0.2) is 79.2 Å². The predicted molar refractivity (Wildman–Crippen MR) is 102 cm³/mol. The van der Waals surface area contributed by atoms with E-state index in [0.29, 0.717) is 38.8 Å². The molecule has 2 heterocycles. The first kappa shape index (κ1) is 21.4. The summed E-state index contributed by atoms with van der Waals surface area (Å²) in [7, 11) is 0. The summed E-state index contributed by atoms with van der Waals surface area (Å²) < 4.78 is 0. The van der Waals surface area contributed by atoms with Gasteiger partial charge in [0.1, 0.15) is 23.6 Å². The van der Waals surface area contributed by atoms with Crippen molar-refractivity contribution in [3.63, 3.8) is 0 Å². The van der Waals surface area contributed by atoms with Crippen molar-refractivity contribution in [2.75, 3.05) is 13.1 Å². The van der Waals surface area contributed by atoms with E-state index >= 15 is 0 Å². The van der Waals surface area contributed by atoms with Gasteiger partial charge in [-0.1, -0.05) is 0 Å². The molecular weight excluding hydrogens is 396 g/mol. The third-order valence-corrected chi connectivity index (χ3v) is 5.68. The molecule has 162 valence electrons. The number of amides is 2. The minimum absolute atomic E-state index is 0.120. The van der Waals surface area contributed by atoms with Gasteiger partial charge in [-0.25, -0.2) is 9.59 Å². The number of carboxylic acid groups (broad SMARTS) is 2. The zero-order chi connectivity index (χ0) is 22.0. The van der Waals surface area contributed by atoms with Crippen LogP contribution in [0, 0.1) is 0 Å². The van der Waals surface area contributed by atoms with Crippen molar-refractivity contribution in [3.8, 4) is 11.5 Å². The molecule has 0 bridgehead atoms. The van der Waals surface area contributed by atoms with Crippen LogP contribution in [0.3, 0.4) is 0 Å². The zero-order valence-corrected chi connectivity index (χ0v) is 16.3. The Labute approximate surface area is 172 Å². The second kappa shape index (κ2) is 8.60. The molecule has 2 aliphatic heterocycles. The van der Waals surface area contributed by atoms with E-state index < -0.39 is 35.8 Å². The van der Waals surface area contributed by atoms with Gasteiger partial charge in [-0.15, -0.1) is 0 Å². The molecule has 1 aromatic carbocycles. The summed E-state index contributed by atoms with van der Waals surface area (Å²) in [6.45, 7) is 0.630. The van der Waals surface area contributed by atoms with Gasteiger partial charge in [0.05, 0.1) is 12.8 Å². The van der Waals surface area contributed by atoms with Crippen LogP contribution in [0.15, 0.2) is 12.1 Å². The van der Waals surface area contributed by atoms with E-state index in [9.17, 15) is 39.6 Å². The molecule has 2 aliphatic rings. The summed E-state index contributed by atoms with van der Waals surface area (Å²) in [5.41, 5.74) is 0.239. The average Bonchev–Trinajstić information content (AvgIpc) is 3.34. The van der Waals surface area contributed by atoms with Crippen molar-refractivity contribution < 1.29 is 39.6 Å². The van der Waals surface area contributed by atoms with Crippen molar-refractivity contribution in [2.24, 2.45) is 0 Å². The first-order valence-corrected chi connectivity index (χ1v) is 9.77. The lowest BCUT2D eigenvalue weighted by Crippen LogP contribution is -2.41. The number of likely N-dealkylation sites (tertiary alicyclic amines) is 2. The topological polar surface area (TPSA) is 156 Å². The van der Waals surface area contributed by atoms with Gasteiger partial charge in [0.2, 0.25) is 11.8 Å². The largest absolute Gasteiger partial charge is 0.508 e. The molecule has 0 aliphatic carbocycles. The van der Waals surface area contributed by atoms with Gasteiger partial charge in [-0.2, -0.15) is 0 Å². The Kier molecular flexibility index (Phi) is 6.14. The molecule has 30 heavy (non-hydrogen) atoms. The smallest absolute Gasteiger partial charge is 0.326 e. The molecule has 0 spiro atoms. The molecule has 10 nitrogen and oxygen atoms in total. The second-order valence-corrected chi connectivity index (χ2v) is 7.63. The molecule has 4 N–H and O–H groups in total. The number of phenols is 2. The highest BCUT2D eigenvalue weighted by molar-refractivity contribution is 5.87. The molecule has 2 saturated heterocycles. The number of nitrogens with zero attached hydrogens (tertiary/aromatic N) is 2. The van der Waals surface area contributed by atoms with Gasteiger partial charge in [0, 0.05) is 24.2 Å². The molecule has 0 aromatic heterocycles. The van der Waals surface area contributed by atoms with Crippen LogP contribution < -0.4 is 0 Å². The number of carbonyl (C=O) groups is 4. The SMILES string of the molecule is O=C(O)C1CCCN1C(=O)Cc1cc(O)c(CC(=O)N2CCCC2C(=O)O)cc1O. The maximum absolute atomic E-state index is 12.5. The molecular formula is C20H24N2O8. The van der Waals surface area contributed by atoms with Crippen molar-refractivity contribution in [3.05, 3.63) is 23.3 Å². The highest BCUT2D eigenvalue weighted by Crippen LogP contribution is 2.30. The van der Waals surface area contributed by atoms with Crippen molar-refractivity contribution in [2.45, 2.75) is 50.6 Å². The lowest BCUT2D eigenvalue weighted by molar-refractivity contribution is -0.148. The quantitative estimate of drug-likeness (QED) is 0.480. The monoisotopic (exact) mass is 420 g/mol. The molecule has 2 amide bonds. The number of rotatable bonds is 6. The van der Waals surface area contributed by atoms with E-state index in [1.165, 1.54) is 21.9 Å². The summed E-state index contributed by atoms with van der Waals surface area (Å²) in [5.74, 6) is -3.70. The Hall–Kier alpha value is -3.30. The van der Waals surface area contributed by atoms with Crippen LogP contribution in [0.1, 0.15) is 36.8 Å². The Bertz CT molecular complexity index is 812. The maximum Gasteiger partial charge on any atom is 0.326 e. The lowest BCUT2D eigenvalue weighted by Gasteiger charge is -2.22. The van der Waals surface area contributed by atoms with E-state index in [0.717, 1.165) is 0 Å². The number of carboxylic acids is 2. The maximum atomic E-state index is 12.5. The predicted octanol–water partition coefficient (Wildman–Crippen LogP) is 0.334. The van der Waals surface area contributed by atoms with Crippen molar-refractivity contribution >= 4 is 23.8 Å². The second-order valence-electron chi connectivity index (χ2n) is 7.63. The highest BCUT2D eigenvalue weighted by atomic mass is 16.4. The number of hydrogen-bond acceptors (Lipinski definition) is 6. The van der Waals surface area contributed by atoms with E-state index in [1.807, 2.05) is 0 Å². The Morgan fingerprint density at radius 3 is 1.47 bits per heavy atom. The van der Waals surface area contributed by atoms with Gasteiger partial charge in [0.25, 0.3) is 0 Å². The van der Waals surface area contributed by atoms with Gasteiger partial charge in [0.15, 0.2) is 0 Å². The van der Waals surface area contributed by atoms with Crippen LogP contribution in [0.5, 0.6) is 11.5 Å². The lowest BCUT2D eigenvalue weighted by atomic mass is 10.0. The first-order chi connectivity index (χ1) is 14.2. The highest BCUT2D eigenvalue weighted by Gasteiger charge is 2.35. The summed E-state index contributed by atoms with van der Waals surface area (Å²) >= 11 is 0. The Morgan fingerprint density at radius 2 is 1.13 bits per heavy atom. The Morgan fingerprint density at radius 1 is 0.767 bits per heavy atom. The minimum atomic E-state index is -1.08. The van der Waals surface area contributed by atoms with E-state index in [4.69, 9.17) is 0 Å². The van der Waals surface area contributed by atoms with Gasteiger partial charge >= 0.3 is 11.9 Å². The average molecular weight is 420 g/mol. The Balaban J connectivity index is 1.71. The van der Waals surface area contributed by atoms with Gasteiger partial charge in [-0.05, 0) is 37.8 Å². The summed E-state index contributed by atoms with van der Waals surface area (Å²) in [6, 6.07) is 0.571. The molecule has 1 aromatic rings. The van der Waals surface area contributed by atoms with Crippen LogP contribution in [0.4, 0.5) is 0 Å². The molecule has 2 atom stereocenters. The van der Waals surface area contributed by atoms with Crippen LogP contribution in [0.2, 0.25) is 0 Å². The number of aliphatic carboxylic acids is 2. The fourth-order valence-electron chi connectivity index (χ4n) is 4.12. The van der Waals surface area contributed by atoms with Crippen molar-refractivity contribution in [1.82, 2.24) is 9.80 Å². The normalized spacial score (nSPS) is 21.1. The number of hydrogen-bond donors (Lipinski definition) is 4. The summed E-state index contributed by atoms with van der Waals surface area (Å²) in [6.07, 6.45) is 1.32. The van der Waals surface area contributed by atoms with Crippen molar-refractivity contribution in [1.29, 1.82) is 0 Å². The van der Waals surface area contributed by atoms with E-state index in [1.54, 1.807) is 0 Å². The van der Waals surface area contributed by atoms with Gasteiger partial charge < -0.3 is 30.2 Å². The third-order valence-electron chi connectivity index (χ3n) is 5.68. The third kappa shape index (κ3) is 4.32. The van der Waals surface area contributed by atoms with E-state index in [-0.39, 0.29) is 35.5 Å². The molecule has 0 radical (unpaired) electrons. The van der Waals surface area contributed by atoms with Gasteiger partial charge in [-0.3, -0.25) is 9.59 Å². The zero-order valence-electron chi connectivity index (χ0n) is 16.3. The molecule has 2 unspecified atom stereocenters. The first-order valence-electron chi connectivity index (χ1n) is 9.77.